The zero-order valence-electron chi connectivity index (χ0n) is 55.5. The molecule has 484 valence electrons. The highest BCUT2D eigenvalue weighted by Crippen LogP contribution is 2.19. The molecule has 0 aromatic rings. The molecule has 0 saturated heterocycles. The first-order valence-corrected chi connectivity index (χ1v) is 37.3. The fourth-order valence-corrected chi connectivity index (χ4v) is 11.7. The Balaban J connectivity index is 3.34. The molecule has 0 aliphatic rings. The fraction of sp³-hybridized carbons (Fsp3) is 0.895. The number of carbonyl (C=O) groups is 2. The Labute approximate surface area is 513 Å². The minimum Gasteiger partial charge on any atom is -0.466 e. The molecule has 0 saturated carbocycles. The second kappa shape index (κ2) is 71.6. The molecule has 0 spiro atoms. The van der Waals surface area contributed by atoms with Crippen LogP contribution < -0.4 is 5.32 Å². The van der Waals surface area contributed by atoms with Crippen LogP contribution in [-0.4, -0.2) is 47.4 Å². The lowest BCUT2D eigenvalue weighted by molar-refractivity contribution is -0.143. The van der Waals surface area contributed by atoms with E-state index in [1.165, 1.54) is 340 Å². The summed E-state index contributed by atoms with van der Waals surface area (Å²) in [7, 11) is 0. The van der Waals surface area contributed by atoms with Crippen LogP contribution in [0.25, 0.3) is 0 Å². The van der Waals surface area contributed by atoms with Crippen LogP contribution in [-0.2, 0) is 14.3 Å². The van der Waals surface area contributed by atoms with Crippen molar-refractivity contribution in [2.75, 3.05) is 13.2 Å². The topological polar surface area (TPSA) is 95.9 Å². The number of ether oxygens (including phenoxy) is 1. The number of amides is 1. The lowest BCUT2D eigenvalue weighted by Gasteiger charge is -2.20. The van der Waals surface area contributed by atoms with Crippen molar-refractivity contribution in [2.45, 2.75) is 424 Å². The van der Waals surface area contributed by atoms with Crippen molar-refractivity contribution < 1.29 is 24.5 Å². The van der Waals surface area contributed by atoms with Crippen LogP contribution in [0.3, 0.4) is 0 Å². The van der Waals surface area contributed by atoms with Crippen molar-refractivity contribution in [2.24, 2.45) is 0 Å². The molecular weight excluding hydrogens is 1010 g/mol. The van der Waals surface area contributed by atoms with Gasteiger partial charge < -0.3 is 20.3 Å². The van der Waals surface area contributed by atoms with Crippen molar-refractivity contribution in [3.8, 4) is 0 Å². The van der Waals surface area contributed by atoms with Crippen LogP contribution in [0.15, 0.2) is 36.5 Å². The second-order valence-electron chi connectivity index (χ2n) is 25.6. The molecule has 82 heavy (non-hydrogen) atoms. The summed E-state index contributed by atoms with van der Waals surface area (Å²) in [5, 5.41) is 23.2. The molecule has 2 unspecified atom stereocenters. The van der Waals surface area contributed by atoms with E-state index < -0.39 is 12.1 Å². The predicted molar refractivity (Wildman–Crippen MR) is 361 cm³/mol. The lowest BCUT2D eigenvalue weighted by atomic mass is 10.0. The van der Waals surface area contributed by atoms with E-state index in [0.29, 0.717) is 19.4 Å². The maximum Gasteiger partial charge on any atom is 0.305 e. The molecule has 0 fully saturated rings. The third kappa shape index (κ3) is 67.2. The lowest BCUT2D eigenvalue weighted by Crippen LogP contribution is -2.45. The van der Waals surface area contributed by atoms with E-state index in [9.17, 15) is 19.8 Å². The Morgan fingerprint density at radius 1 is 0.329 bits per heavy atom. The van der Waals surface area contributed by atoms with E-state index in [-0.39, 0.29) is 18.5 Å². The molecule has 2 atom stereocenters. The van der Waals surface area contributed by atoms with Gasteiger partial charge in [0.05, 0.1) is 25.4 Å². The number of unbranched alkanes of at least 4 members (excludes halogenated alkanes) is 55. The van der Waals surface area contributed by atoms with Gasteiger partial charge in [0, 0.05) is 12.8 Å². The summed E-state index contributed by atoms with van der Waals surface area (Å²) in [5.74, 6) is -0.0494. The van der Waals surface area contributed by atoms with E-state index in [2.05, 4.69) is 43.5 Å². The molecule has 0 aliphatic carbocycles. The maximum absolute atomic E-state index is 12.5. The zero-order chi connectivity index (χ0) is 59.2. The third-order valence-electron chi connectivity index (χ3n) is 17.4. The SMILES string of the molecule is CCCCCCCCC/C=C\CCCCCCCC(=O)OCCCCCCCCCCCCCCCC/C=C\CCCCCCCCCCCCCCCCCCCC(=O)NC(CO)C(O)/C=C/CCCCCCCCCCCCCC. The van der Waals surface area contributed by atoms with Crippen LogP contribution in [0.5, 0.6) is 0 Å². The smallest absolute Gasteiger partial charge is 0.305 e. The Morgan fingerprint density at radius 2 is 0.573 bits per heavy atom. The van der Waals surface area contributed by atoms with E-state index in [1.807, 2.05) is 6.08 Å². The monoisotopic (exact) mass is 1150 g/mol. The van der Waals surface area contributed by atoms with E-state index in [4.69, 9.17) is 4.74 Å². The number of hydrogen-bond donors (Lipinski definition) is 3. The van der Waals surface area contributed by atoms with E-state index in [0.717, 1.165) is 44.9 Å². The Hall–Kier alpha value is -1.92. The summed E-state index contributed by atoms with van der Waals surface area (Å²) in [6.45, 7) is 4.93. The maximum atomic E-state index is 12.5. The van der Waals surface area contributed by atoms with Crippen LogP contribution in [0, 0.1) is 0 Å². The molecule has 0 aromatic heterocycles. The van der Waals surface area contributed by atoms with Gasteiger partial charge in [0.25, 0.3) is 0 Å². The summed E-state index contributed by atoms with van der Waals surface area (Å²) in [5.41, 5.74) is 0. The molecule has 0 aromatic carbocycles. The standard InChI is InChI=1S/C76H145NO5/c1-3-5-7-9-11-13-15-17-19-42-46-50-54-58-62-66-70-76(81)82-71-67-63-59-55-51-47-43-40-38-36-34-32-30-28-26-24-22-20-21-23-25-27-29-31-33-35-37-39-41-45-49-53-57-61-65-69-75(80)77-73(72-78)74(79)68-64-60-56-52-48-44-18-16-14-12-10-8-6-4-2/h19,22,24,42,64,68,73-74,78-79H,3-18,20-21,23,25-41,43-63,65-67,69-72H2,1-2H3,(H,77,80)/b24-22-,42-19-,68-64+. The second-order valence-corrected chi connectivity index (χ2v) is 25.6. The van der Waals surface area contributed by atoms with Crippen molar-refractivity contribution in [3.05, 3.63) is 36.5 Å². The van der Waals surface area contributed by atoms with Crippen molar-refractivity contribution in [1.82, 2.24) is 5.32 Å². The van der Waals surface area contributed by atoms with E-state index in [1.54, 1.807) is 6.08 Å². The normalized spacial score (nSPS) is 12.7. The number of allylic oxidation sites excluding steroid dienone is 5. The average molecular weight is 1150 g/mol. The van der Waals surface area contributed by atoms with Gasteiger partial charge in [-0.2, -0.15) is 0 Å². The number of nitrogens with one attached hydrogen (secondary N) is 1. The van der Waals surface area contributed by atoms with Crippen molar-refractivity contribution in [3.63, 3.8) is 0 Å². The highest BCUT2D eigenvalue weighted by Gasteiger charge is 2.18. The molecule has 6 nitrogen and oxygen atoms in total. The quantitative estimate of drug-likeness (QED) is 0.0320. The van der Waals surface area contributed by atoms with Gasteiger partial charge >= 0.3 is 5.97 Å². The molecule has 0 aliphatic heterocycles. The van der Waals surface area contributed by atoms with Gasteiger partial charge in [0.1, 0.15) is 0 Å². The molecule has 0 rings (SSSR count). The summed E-state index contributed by atoms with van der Waals surface area (Å²) < 4.78 is 5.50. The number of aliphatic hydroxyl groups excluding tert-OH is 2. The number of esters is 1. The van der Waals surface area contributed by atoms with Gasteiger partial charge in [-0.3, -0.25) is 9.59 Å². The van der Waals surface area contributed by atoms with E-state index >= 15 is 0 Å². The number of carbonyl (C=O) groups excluding carboxylic acids is 2. The predicted octanol–water partition coefficient (Wildman–Crippen LogP) is 24.3. The van der Waals surface area contributed by atoms with Gasteiger partial charge in [-0.25, -0.2) is 0 Å². The summed E-state index contributed by atoms with van der Waals surface area (Å²) >= 11 is 0. The minimum absolute atomic E-state index is 0.0130. The Bertz CT molecular complexity index is 1330. The fourth-order valence-electron chi connectivity index (χ4n) is 11.7. The Kier molecular flexibility index (Phi) is 69.9. The summed E-state index contributed by atoms with van der Waals surface area (Å²) in [6.07, 6.45) is 92.5. The number of hydrogen-bond acceptors (Lipinski definition) is 5. The molecule has 3 N–H and O–H groups in total. The first-order chi connectivity index (χ1) is 40.5. The van der Waals surface area contributed by atoms with Gasteiger partial charge in [0.15, 0.2) is 0 Å². The third-order valence-corrected chi connectivity index (χ3v) is 17.4. The van der Waals surface area contributed by atoms with Crippen LogP contribution in [0.4, 0.5) is 0 Å². The molecular formula is C76H145NO5. The zero-order valence-corrected chi connectivity index (χ0v) is 55.5. The molecule has 0 bridgehead atoms. The van der Waals surface area contributed by atoms with Gasteiger partial charge in [0.2, 0.25) is 5.91 Å². The van der Waals surface area contributed by atoms with Crippen LogP contribution in [0.1, 0.15) is 412 Å². The van der Waals surface area contributed by atoms with Gasteiger partial charge in [-0.05, 0) is 83.5 Å². The van der Waals surface area contributed by atoms with Gasteiger partial charge in [-0.15, -0.1) is 0 Å². The molecule has 0 radical (unpaired) electrons. The first kappa shape index (κ1) is 80.1. The van der Waals surface area contributed by atoms with Crippen LogP contribution in [0.2, 0.25) is 0 Å². The largest absolute Gasteiger partial charge is 0.466 e. The minimum atomic E-state index is -0.841. The molecule has 0 heterocycles. The van der Waals surface area contributed by atoms with Crippen LogP contribution >= 0.6 is 0 Å². The highest BCUT2D eigenvalue weighted by atomic mass is 16.5. The van der Waals surface area contributed by atoms with Crippen molar-refractivity contribution in [1.29, 1.82) is 0 Å². The molecule has 6 heteroatoms. The number of rotatable bonds is 70. The van der Waals surface area contributed by atoms with Gasteiger partial charge in [-0.1, -0.05) is 352 Å². The van der Waals surface area contributed by atoms with Crippen molar-refractivity contribution >= 4 is 11.9 Å². The average Bonchev–Trinajstić information content (AvgIpc) is 3.48. The summed E-state index contributed by atoms with van der Waals surface area (Å²) in [6, 6.07) is -0.625. The Morgan fingerprint density at radius 3 is 0.866 bits per heavy atom. The first-order valence-electron chi connectivity index (χ1n) is 37.3. The highest BCUT2D eigenvalue weighted by molar-refractivity contribution is 5.76. The number of aliphatic hydroxyl groups is 2. The summed E-state index contributed by atoms with van der Waals surface area (Å²) in [4.78, 5) is 24.6. The molecule has 1 amide bonds.